The van der Waals surface area contributed by atoms with Crippen molar-refractivity contribution in [2.45, 2.75) is 39.7 Å². The van der Waals surface area contributed by atoms with Crippen molar-refractivity contribution in [3.8, 4) is 11.3 Å². The Morgan fingerprint density at radius 2 is 2.04 bits per heavy atom. The molecule has 0 aromatic carbocycles. The van der Waals surface area contributed by atoms with Gasteiger partial charge in [0.25, 0.3) is 0 Å². The molecular weight excluding hydrogens is 312 g/mol. The highest BCUT2D eigenvalue weighted by Gasteiger charge is 2.15. The lowest BCUT2D eigenvalue weighted by atomic mass is 10.1. The van der Waals surface area contributed by atoms with Crippen LogP contribution in [0.1, 0.15) is 45.3 Å². The summed E-state index contributed by atoms with van der Waals surface area (Å²) in [6, 6.07) is 2.39. The first-order chi connectivity index (χ1) is 12.2. The van der Waals surface area contributed by atoms with E-state index >= 15 is 0 Å². The van der Waals surface area contributed by atoms with Crippen LogP contribution >= 0.6 is 0 Å². The van der Waals surface area contributed by atoms with Crippen LogP contribution in [0.15, 0.2) is 41.9 Å². The number of hydrogen-bond donors (Lipinski definition) is 0. The zero-order valence-electron chi connectivity index (χ0n) is 15.2. The van der Waals surface area contributed by atoms with Gasteiger partial charge in [-0.25, -0.2) is 9.50 Å². The van der Waals surface area contributed by atoms with E-state index in [-0.39, 0.29) is 0 Å². The molecule has 0 aliphatic rings. The second-order valence-corrected chi connectivity index (χ2v) is 5.95. The number of allylic oxidation sites excluding steroid dienone is 2. The lowest BCUT2D eigenvalue weighted by Gasteiger charge is -2.12. The van der Waals surface area contributed by atoms with Crippen molar-refractivity contribution in [2.24, 2.45) is 4.99 Å². The molecule has 3 heterocycles. The van der Waals surface area contributed by atoms with E-state index in [0.29, 0.717) is 6.04 Å². The number of aliphatic imine (C=N–C) groups is 1. The summed E-state index contributed by atoms with van der Waals surface area (Å²) in [6.45, 7) is 6.36. The quantitative estimate of drug-likeness (QED) is 0.638. The fraction of sp³-hybridized carbons (Fsp3) is 0.368. The van der Waals surface area contributed by atoms with E-state index in [9.17, 15) is 0 Å². The van der Waals surface area contributed by atoms with Crippen molar-refractivity contribution in [1.82, 2.24) is 24.4 Å². The standard InChI is InChI=1S/C19H24N6/c1-5-14(10-20-4)17-13-25-18(8-9-21-25)19(23-17)15-11-22-24(12-15)16(6-2)7-3/h5,8-13,16H,6-7H2,1-4H3/b14-5+,20-10?. The van der Waals surface area contributed by atoms with Gasteiger partial charge in [-0.05, 0) is 25.8 Å². The third-order valence-corrected chi connectivity index (χ3v) is 4.46. The molecular formula is C19H24N6. The Balaban J connectivity index is 2.14. The van der Waals surface area contributed by atoms with Gasteiger partial charge in [-0.1, -0.05) is 19.9 Å². The molecule has 0 N–H and O–H groups in total. The zero-order valence-corrected chi connectivity index (χ0v) is 15.2. The van der Waals surface area contributed by atoms with E-state index < -0.39 is 0 Å². The van der Waals surface area contributed by atoms with E-state index in [4.69, 9.17) is 4.98 Å². The summed E-state index contributed by atoms with van der Waals surface area (Å²) in [6.07, 6.45) is 13.6. The summed E-state index contributed by atoms with van der Waals surface area (Å²) in [5.74, 6) is 0. The number of aromatic nitrogens is 5. The summed E-state index contributed by atoms with van der Waals surface area (Å²) in [5, 5.41) is 8.96. The third kappa shape index (κ3) is 3.24. The van der Waals surface area contributed by atoms with Gasteiger partial charge in [0.15, 0.2) is 0 Å². The second kappa shape index (κ2) is 7.42. The van der Waals surface area contributed by atoms with Crippen molar-refractivity contribution in [1.29, 1.82) is 0 Å². The molecule has 0 amide bonds. The number of fused-ring (bicyclic) bond motifs is 1. The van der Waals surface area contributed by atoms with Crippen LogP contribution in [0.2, 0.25) is 0 Å². The summed E-state index contributed by atoms with van der Waals surface area (Å²) >= 11 is 0. The largest absolute Gasteiger partial charge is 0.296 e. The summed E-state index contributed by atoms with van der Waals surface area (Å²) in [7, 11) is 1.76. The first-order valence-electron chi connectivity index (χ1n) is 8.69. The second-order valence-electron chi connectivity index (χ2n) is 5.95. The molecule has 6 nitrogen and oxygen atoms in total. The van der Waals surface area contributed by atoms with Crippen LogP contribution in [0.25, 0.3) is 22.3 Å². The Labute approximate surface area is 147 Å². The first kappa shape index (κ1) is 17.1. The molecule has 0 atom stereocenters. The fourth-order valence-corrected chi connectivity index (χ4v) is 3.03. The first-order valence-corrected chi connectivity index (χ1v) is 8.69. The van der Waals surface area contributed by atoms with Crippen LogP contribution in [0, 0.1) is 0 Å². The molecule has 0 saturated carbocycles. The maximum Gasteiger partial charge on any atom is 0.0999 e. The predicted molar refractivity (Wildman–Crippen MR) is 102 cm³/mol. The third-order valence-electron chi connectivity index (χ3n) is 4.46. The number of hydrogen-bond acceptors (Lipinski definition) is 4. The highest BCUT2D eigenvalue weighted by molar-refractivity contribution is 6.09. The van der Waals surface area contributed by atoms with Gasteiger partial charge in [0.2, 0.25) is 0 Å². The van der Waals surface area contributed by atoms with Crippen LogP contribution in [-0.4, -0.2) is 37.6 Å². The molecule has 0 radical (unpaired) electrons. The van der Waals surface area contributed by atoms with Gasteiger partial charge in [-0.2, -0.15) is 10.2 Å². The van der Waals surface area contributed by atoms with Gasteiger partial charge in [-0.3, -0.25) is 9.67 Å². The Hall–Kier alpha value is -2.76. The normalized spacial score (nSPS) is 12.8. The highest BCUT2D eigenvalue weighted by atomic mass is 15.3. The molecule has 3 aromatic heterocycles. The minimum Gasteiger partial charge on any atom is -0.296 e. The zero-order chi connectivity index (χ0) is 17.8. The van der Waals surface area contributed by atoms with Crippen LogP contribution in [-0.2, 0) is 0 Å². The van der Waals surface area contributed by atoms with Crippen molar-refractivity contribution < 1.29 is 0 Å². The molecule has 130 valence electrons. The molecule has 3 aromatic rings. The maximum absolute atomic E-state index is 4.88. The maximum atomic E-state index is 4.88. The summed E-state index contributed by atoms with van der Waals surface area (Å²) in [5.41, 5.74) is 4.67. The van der Waals surface area contributed by atoms with Gasteiger partial charge < -0.3 is 0 Å². The van der Waals surface area contributed by atoms with Gasteiger partial charge in [0.05, 0.1) is 41.5 Å². The molecule has 0 spiro atoms. The Bertz CT molecular complexity index is 911. The molecule has 0 aliphatic carbocycles. The molecule has 6 heteroatoms. The Morgan fingerprint density at radius 3 is 2.72 bits per heavy atom. The predicted octanol–water partition coefficient (Wildman–Crippen LogP) is 4.06. The summed E-state index contributed by atoms with van der Waals surface area (Å²) < 4.78 is 3.90. The fourth-order valence-electron chi connectivity index (χ4n) is 3.03. The van der Waals surface area contributed by atoms with Gasteiger partial charge in [0, 0.05) is 30.6 Å². The Morgan fingerprint density at radius 1 is 1.24 bits per heavy atom. The van der Waals surface area contributed by atoms with Crippen molar-refractivity contribution in [2.75, 3.05) is 7.05 Å². The monoisotopic (exact) mass is 336 g/mol. The SMILES string of the molecule is C/C=C(\C=NC)c1cn2nccc2c(-c2cnn(C(CC)CC)c2)n1. The average molecular weight is 336 g/mol. The van der Waals surface area contributed by atoms with Crippen LogP contribution in [0.4, 0.5) is 0 Å². The van der Waals surface area contributed by atoms with Crippen LogP contribution in [0.3, 0.4) is 0 Å². The average Bonchev–Trinajstić information content (AvgIpc) is 3.29. The molecule has 0 aliphatic heterocycles. The number of rotatable bonds is 6. The molecule has 0 saturated heterocycles. The summed E-state index contributed by atoms with van der Waals surface area (Å²) in [4.78, 5) is 9.01. The van der Waals surface area contributed by atoms with E-state index in [1.54, 1.807) is 13.2 Å². The topological polar surface area (TPSA) is 60.4 Å². The van der Waals surface area contributed by atoms with Crippen LogP contribution < -0.4 is 0 Å². The van der Waals surface area contributed by atoms with Crippen molar-refractivity contribution in [3.05, 3.63) is 42.6 Å². The molecule has 25 heavy (non-hydrogen) atoms. The minimum atomic E-state index is 0.413. The molecule has 0 unspecified atom stereocenters. The minimum absolute atomic E-state index is 0.413. The van der Waals surface area contributed by atoms with E-state index in [2.05, 4.69) is 35.2 Å². The molecule has 3 rings (SSSR count). The smallest absolute Gasteiger partial charge is 0.0999 e. The Kier molecular flexibility index (Phi) is 5.07. The molecule has 0 fully saturated rings. The van der Waals surface area contributed by atoms with E-state index in [1.807, 2.05) is 46.9 Å². The molecule has 0 bridgehead atoms. The van der Waals surface area contributed by atoms with Crippen LogP contribution in [0.5, 0.6) is 0 Å². The van der Waals surface area contributed by atoms with Gasteiger partial charge in [-0.15, -0.1) is 0 Å². The highest BCUT2D eigenvalue weighted by Crippen LogP contribution is 2.26. The lowest BCUT2D eigenvalue weighted by Crippen LogP contribution is -2.06. The lowest BCUT2D eigenvalue weighted by molar-refractivity contribution is 0.428. The van der Waals surface area contributed by atoms with Crippen molar-refractivity contribution in [3.63, 3.8) is 0 Å². The van der Waals surface area contributed by atoms with E-state index in [0.717, 1.165) is 40.9 Å². The number of nitrogens with zero attached hydrogens (tertiary/aromatic N) is 6. The van der Waals surface area contributed by atoms with E-state index in [1.165, 1.54) is 0 Å². The van der Waals surface area contributed by atoms with Gasteiger partial charge in [0.1, 0.15) is 0 Å². The van der Waals surface area contributed by atoms with Crippen molar-refractivity contribution >= 4 is 17.3 Å². The van der Waals surface area contributed by atoms with Gasteiger partial charge >= 0.3 is 0 Å².